The van der Waals surface area contributed by atoms with E-state index < -0.39 is 0 Å². The zero-order valence-corrected chi connectivity index (χ0v) is 7.26. The molecule has 9 heavy (non-hydrogen) atoms. The summed E-state index contributed by atoms with van der Waals surface area (Å²) < 4.78 is 5.22. The normalized spacial score (nSPS) is 22.3. The summed E-state index contributed by atoms with van der Waals surface area (Å²) >= 11 is 0. The predicted octanol–water partition coefficient (Wildman–Crippen LogP) is 2.18. The van der Waals surface area contributed by atoms with Gasteiger partial charge in [-0.05, 0) is 19.1 Å². The molecule has 3 heteroatoms. The van der Waals surface area contributed by atoms with E-state index in [4.69, 9.17) is 4.74 Å². The second-order valence-corrected chi connectivity index (χ2v) is 4.84. The van der Waals surface area contributed by atoms with Crippen molar-refractivity contribution >= 4 is 21.6 Å². The summed E-state index contributed by atoms with van der Waals surface area (Å²) in [6, 6.07) is 0. The standard InChI is InChI=1S/C6H12OS2/c1-8-9-6-2-4-7-5-3-6/h6H,2-5H2,1H3. The highest BCUT2D eigenvalue weighted by molar-refractivity contribution is 8.76. The van der Waals surface area contributed by atoms with Gasteiger partial charge in [-0.2, -0.15) is 0 Å². The van der Waals surface area contributed by atoms with Crippen molar-refractivity contribution in [2.24, 2.45) is 0 Å². The fourth-order valence-corrected chi connectivity index (χ4v) is 2.96. The Balaban J connectivity index is 2.08. The van der Waals surface area contributed by atoms with Crippen LogP contribution in [-0.2, 0) is 4.74 Å². The van der Waals surface area contributed by atoms with E-state index in [0.717, 1.165) is 18.5 Å². The Kier molecular flexibility index (Phi) is 3.86. The molecule has 0 bridgehead atoms. The Morgan fingerprint density at radius 2 is 2.00 bits per heavy atom. The summed E-state index contributed by atoms with van der Waals surface area (Å²) in [6.45, 7) is 1.94. The van der Waals surface area contributed by atoms with E-state index in [1.165, 1.54) is 12.8 Å². The molecule has 1 fully saturated rings. The van der Waals surface area contributed by atoms with Crippen LogP contribution in [0.25, 0.3) is 0 Å². The van der Waals surface area contributed by atoms with Crippen molar-refractivity contribution in [1.29, 1.82) is 0 Å². The molecule has 0 radical (unpaired) electrons. The summed E-state index contributed by atoms with van der Waals surface area (Å²) in [4.78, 5) is 0. The maximum atomic E-state index is 5.22. The maximum Gasteiger partial charge on any atom is 0.0476 e. The molecule has 0 aromatic carbocycles. The van der Waals surface area contributed by atoms with Gasteiger partial charge in [0.15, 0.2) is 0 Å². The number of rotatable bonds is 2. The summed E-state index contributed by atoms with van der Waals surface area (Å²) in [5.41, 5.74) is 0. The number of ether oxygens (including phenoxy) is 1. The first-order chi connectivity index (χ1) is 4.43. The topological polar surface area (TPSA) is 9.23 Å². The molecule has 0 spiro atoms. The second kappa shape index (κ2) is 4.47. The number of hydrogen-bond acceptors (Lipinski definition) is 3. The summed E-state index contributed by atoms with van der Waals surface area (Å²) in [7, 11) is 3.86. The van der Waals surface area contributed by atoms with E-state index in [9.17, 15) is 0 Å². The Labute approximate surface area is 64.3 Å². The third kappa shape index (κ3) is 2.83. The van der Waals surface area contributed by atoms with Crippen molar-refractivity contribution in [3.8, 4) is 0 Å². The fraction of sp³-hybridized carbons (Fsp3) is 1.00. The smallest absolute Gasteiger partial charge is 0.0476 e. The minimum Gasteiger partial charge on any atom is -0.381 e. The van der Waals surface area contributed by atoms with Gasteiger partial charge in [0.1, 0.15) is 0 Å². The molecule has 1 nitrogen and oxygen atoms in total. The van der Waals surface area contributed by atoms with Crippen LogP contribution in [0.3, 0.4) is 0 Å². The molecule has 0 amide bonds. The Hall–Kier alpha value is 0.660. The van der Waals surface area contributed by atoms with Crippen LogP contribution in [0.1, 0.15) is 12.8 Å². The van der Waals surface area contributed by atoms with Gasteiger partial charge < -0.3 is 4.74 Å². The molecular formula is C6H12OS2. The lowest BCUT2D eigenvalue weighted by atomic mass is 10.2. The molecule has 0 aliphatic carbocycles. The van der Waals surface area contributed by atoms with Crippen LogP contribution in [0.2, 0.25) is 0 Å². The molecule has 1 aliphatic heterocycles. The first kappa shape index (κ1) is 7.76. The van der Waals surface area contributed by atoms with Crippen LogP contribution in [0.15, 0.2) is 0 Å². The lowest BCUT2D eigenvalue weighted by Gasteiger charge is -2.19. The van der Waals surface area contributed by atoms with Crippen molar-refractivity contribution in [3.63, 3.8) is 0 Å². The van der Waals surface area contributed by atoms with Crippen molar-refractivity contribution in [2.75, 3.05) is 19.5 Å². The monoisotopic (exact) mass is 164 g/mol. The minimum absolute atomic E-state index is 0.855. The average Bonchev–Trinajstić information content (AvgIpc) is 1.91. The van der Waals surface area contributed by atoms with E-state index in [-0.39, 0.29) is 0 Å². The molecule has 54 valence electrons. The lowest BCUT2D eigenvalue weighted by Crippen LogP contribution is -2.16. The Bertz CT molecular complexity index is 68.7. The highest BCUT2D eigenvalue weighted by Crippen LogP contribution is 2.29. The van der Waals surface area contributed by atoms with Gasteiger partial charge in [-0.15, -0.1) is 0 Å². The molecule has 0 N–H and O–H groups in total. The predicted molar refractivity (Wildman–Crippen MR) is 44.9 cm³/mol. The van der Waals surface area contributed by atoms with Crippen LogP contribution in [-0.4, -0.2) is 24.7 Å². The molecule has 0 unspecified atom stereocenters. The van der Waals surface area contributed by atoms with Gasteiger partial charge in [0.25, 0.3) is 0 Å². The highest BCUT2D eigenvalue weighted by Gasteiger charge is 2.12. The SMILES string of the molecule is CSSC1CCOCC1. The van der Waals surface area contributed by atoms with Crippen molar-refractivity contribution in [1.82, 2.24) is 0 Å². The molecule has 1 aliphatic rings. The van der Waals surface area contributed by atoms with Gasteiger partial charge in [-0.25, -0.2) is 0 Å². The van der Waals surface area contributed by atoms with E-state index in [1.54, 1.807) is 0 Å². The van der Waals surface area contributed by atoms with Crippen molar-refractivity contribution < 1.29 is 4.74 Å². The number of hydrogen-bond donors (Lipinski definition) is 0. The Morgan fingerprint density at radius 1 is 1.33 bits per heavy atom. The van der Waals surface area contributed by atoms with Gasteiger partial charge in [0, 0.05) is 18.5 Å². The van der Waals surface area contributed by atoms with Crippen molar-refractivity contribution in [2.45, 2.75) is 18.1 Å². The fourth-order valence-electron chi connectivity index (χ4n) is 0.908. The zero-order chi connectivity index (χ0) is 6.53. The lowest BCUT2D eigenvalue weighted by molar-refractivity contribution is 0.100. The van der Waals surface area contributed by atoms with Gasteiger partial charge in [-0.3, -0.25) is 0 Å². The van der Waals surface area contributed by atoms with E-state index >= 15 is 0 Å². The van der Waals surface area contributed by atoms with Crippen LogP contribution >= 0.6 is 21.6 Å². The molecule has 1 rings (SSSR count). The van der Waals surface area contributed by atoms with E-state index in [2.05, 4.69) is 6.26 Å². The summed E-state index contributed by atoms with van der Waals surface area (Å²) in [5, 5.41) is 0.855. The Morgan fingerprint density at radius 3 is 2.56 bits per heavy atom. The average molecular weight is 164 g/mol. The molecule has 0 saturated carbocycles. The van der Waals surface area contributed by atoms with Crippen LogP contribution < -0.4 is 0 Å². The largest absolute Gasteiger partial charge is 0.381 e. The van der Waals surface area contributed by atoms with Gasteiger partial charge >= 0.3 is 0 Å². The van der Waals surface area contributed by atoms with Gasteiger partial charge in [0.2, 0.25) is 0 Å². The van der Waals surface area contributed by atoms with Crippen LogP contribution in [0, 0.1) is 0 Å². The highest BCUT2D eigenvalue weighted by atomic mass is 33.1. The van der Waals surface area contributed by atoms with Crippen molar-refractivity contribution in [3.05, 3.63) is 0 Å². The molecule has 0 aromatic rings. The molecule has 1 heterocycles. The molecule has 1 saturated heterocycles. The third-order valence-corrected chi connectivity index (χ3v) is 3.73. The zero-order valence-electron chi connectivity index (χ0n) is 5.63. The molecular weight excluding hydrogens is 152 g/mol. The van der Waals surface area contributed by atoms with Crippen LogP contribution in [0.5, 0.6) is 0 Å². The van der Waals surface area contributed by atoms with E-state index in [1.807, 2.05) is 21.6 Å². The van der Waals surface area contributed by atoms with Gasteiger partial charge in [0.05, 0.1) is 0 Å². The quantitative estimate of drug-likeness (QED) is 0.579. The second-order valence-electron chi connectivity index (χ2n) is 2.07. The first-order valence-corrected chi connectivity index (χ1v) is 5.83. The molecule has 0 atom stereocenters. The molecule has 0 aromatic heterocycles. The van der Waals surface area contributed by atoms with E-state index in [0.29, 0.717) is 0 Å². The first-order valence-electron chi connectivity index (χ1n) is 3.20. The summed E-state index contributed by atoms with van der Waals surface area (Å²) in [5.74, 6) is 0. The van der Waals surface area contributed by atoms with Gasteiger partial charge in [-0.1, -0.05) is 21.6 Å². The minimum atomic E-state index is 0.855. The maximum absolute atomic E-state index is 5.22. The summed E-state index contributed by atoms with van der Waals surface area (Å²) in [6.07, 6.45) is 4.62. The third-order valence-electron chi connectivity index (χ3n) is 1.40. The van der Waals surface area contributed by atoms with Crippen LogP contribution in [0.4, 0.5) is 0 Å².